The maximum atomic E-state index is 7.35. The van der Waals surface area contributed by atoms with Gasteiger partial charge in [0.2, 0.25) is 0 Å². The summed E-state index contributed by atoms with van der Waals surface area (Å²) in [6, 6.07) is 42.7. The van der Waals surface area contributed by atoms with Crippen LogP contribution < -0.4 is 15.6 Å². The van der Waals surface area contributed by atoms with Crippen molar-refractivity contribution >= 4 is 29.6 Å². The van der Waals surface area contributed by atoms with Crippen LogP contribution in [0.1, 0.15) is 25.8 Å². The van der Waals surface area contributed by atoms with Gasteiger partial charge in [0, 0.05) is 5.56 Å². The molecule has 0 amide bonds. The van der Waals surface area contributed by atoms with Crippen LogP contribution in [0.25, 0.3) is 5.76 Å². The Morgan fingerprint density at radius 3 is 1.29 bits per heavy atom. The van der Waals surface area contributed by atoms with Crippen LogP contribution in [0.5, 0.6) is 0 Å². The van der Waals surface area contributed by atoms with Crippen LogP contribution in [0, 0.1) is 0 Å². The first-order chi connectivity index (χ1) is 15.3. The zero-order chi connectivity index (χ0) is 21.5. The van der Waals surface area contributed by atoms with E-state index < -0.39 is 8.32 Å². The quantitative estimate of drug-likeness (QED) is 0.218. The maximum absolute atomic E-state index is 7.35. The maximum Gasteiger partial charge on any atom is 0.346 e. The van der Waals surface area contributed by atoms with Crippen LogP contribution in [0.3, 0.4) is 0 Å². The highest BCUT2D eigenvalue weighted by atomic mass is 28.4. The molecule has 0 unspecified atom stereocenters. The molecule has 4 aromatic carbocycles. The molecule has 0 saturated heterocycles. The van der Waals surface area contributed by atoms with E-state index >= 15 is 0 Å². The van der Waals surface area contributed by atoms with Crippen molar-refractivity contribution in [2.24, 2.45) is 0 Å². The lowest BCUT2D eigenvalue weighted by Crippen LogP contribution is -2.69. The standard InChI is InChI=1S/C29H28OSi/c1-3-24(2)29(25-16-8-4-9-17-25)30-31(26-18-10-5-11-19-26,27-20-12-6-13-21-27)28-22-14-7-15-23-28/h4-23H,3H2,1-2H3. The average molecular weight is 421 g/mol. The molecule has 0 atom stereocenters. The van der Waals surface area contributed by atoms with Gasteiger partial charge in [0.15, 0.2) is 0 Å². The van der Waals surface area contributed by atoms with Gasteiger partial charge in [0.1, 0.15) is 5.76 Å². The molecule has 0 aromatic heterocycles. The molecule has 2 heteroatoms. The van der Waals surface area contributed by atoms with Gasteiger partial charge in [-0.25, -0.2) is 0 Å². The minimum absolute atomic E-state index is 0.938. The number of hydrogen-bond donors (Lipinski definition) is 0. The molecule has 4 aromatic rings. The third kappa shape index (κ3) is 4.26. The first kappa shape index (κ1) is 20.9. The van der Waals surface area contributed by atoms with Crippen molar-refractivity contribution in [2.45, 2.75) is 20.3 Å². The Morgan fingerprint density at radius 2 is 0.935 bits per heavy atom. The summed E-state index contributed by atoms with van der Waals surface area (Å²) in [6.07, 6.45) is 0.938. The van der Waals surface area contributed by atoms with Gasteiger partial charge in [-0.15, -0.1) is 0 Å². The molecule has 0 fully saturated rings. The van der Waals surface area contributed by atoms with Crippen LogP contribution in [-0.2, 0) is 4.43 Å². The van der Waals surface area contributed by atoms with Gasteiger partial charge in [-0.2, -0.15) is 0 Å². The molecule has 1 nitrogen and oxygen atoms in total. The molecule has 154 valence electrons. The van der Waals surface area contributed by atoms with Crippen molar-refractivity contribution in [1.29, 1.82) is 0 Å². The van der Waals surface area contributed by atoms with E-state index in [1.807, 2.05) is 0 Å². The van der Waals surface area contributed by atoms with Crippen molar-refractivity contribution < 1.29 is 4.43 Å². The molecule has 31 heavy (non-hydrogen) atoms. The summed E-state index contributed by atoms with van der Waals surface area (Å²) >= 11 is 0. The SMILES string of the molecule is CCC(C)=C(O[Si](c1ccccc1)(c1ccccc1)c1ccccc1)c1ccccc1. The highest BCUT2D eigenvalue weighted by Gasteiger charge is 2.44. The zero-order valence-electron chi connectivity index (χ0n) is 18.2. The second kappa shape index (κ2) is 9.63. The molecule has 0 bridgehead atoms. The number of benzene rings is 4. The number of allylic oxidation sites excluding steroid dienone is 1. The third-order valence-corrected chi connectivity index (χ3v) is 9.70. The Hall–Kier alpha value is -3.36. The topological polar surface area (TPSA) is 9.23 Å². The molecule has 0 radical (unpaired) electrons. The molecule has 0 spiro atoms. The lowest BCUT2D eigenvalue weighted by Gasteiger charge is -2.35. The second-order valence-corrected chi connectivity index (χ2v) is 11.0. The molecule has 4 rings (SSSR count). The van der Waals surface area contributed by atoms with E-state index in [-0.39, 0.29) is 0 Å². The fourth-order valence-electron chi connectivity index (χ4n) is 3.99. The average Bonchev–Trinajstić information content (AvgIpc) is 2.87. The van der Waals surface area contributed by atoms with Gasteiger partial charge in [0.25, 0.3) is 0 Å². The van der Waals surface area contributed by atoms with Gasteiger partial charge in [-0.3, -0.25) is 0 Å². The summed E-state index contributed by atoms with van der Waals surface area (Å²) < 4.78 is 7.35. The van der Waals surface area contributed by atoms with Crippen LogP contribution >= 0.6 is 0 Å². The summed E-state index contributed by atoms with van der Waals surface area (Å²) in [5.41, 5.74) is 2.38. The summed E-state index contributed by atoms with van der Waals surface area (Å²) in [5, 5.41) is 3.72. The van der Waals surface area contributed by atoms with Crippen LogP contribution in [0.2, 0.25) is 0 Å². The van der Waals surface area contributed by atoms with Gasteiger partial charge in [-0.05, 0) is 34.5 Å². The van der Waals surface area contributed by atoms with Gasteiger partial charge >= 0.3 is 8.32 Å². The fraction of sp³-hybridized carbons (Fsp3) is 0.103. The zero-order valence-corrected chi connectivity index (χ0v) is 19.2. The fourth-order valence-corrected chi connectivity index (χ4v) is 7.93. The van der Waals surface area contributed by atoms with Crippen molar-refractivity contribution in [3.63, 3.8) is 0 Å². The molecule has 0 heterocycles. The van der Waals surface area contributed by atoms with E-state index in [9.17, 15) is 0 Å². The van der Waals surface area contributed by atoms with E-state index in [1.54, 1.807) is 0 Å². The Kier molecular flexibility index (Phi) is 6.49. The third-order valence-electron chi connectivity index (χ3n) is 5.75. The lowest BCUT2D eigenvalue weighted by molar-refractivity contribution is 0.526. The van der Waals surface area contributed by atoms with Crippen molar-refractivity contribution in [2.75, 3.05) is 0 Å². The van der Waals surface area contributed by atoms with Crippen LogP contribution in [0.15, 0.2) is 127 Å². The molecular weight excluding hydrogens is 392 g/mol. The predicted molar refractivity (Wildman–Crippen MR) is 134 cm³/mol. The predicted octanol–water partition coefficient (Wildman–Crippen LogP) is 5.51. The minimum Gasteiger partial charge on any atom is -0.530 e. The van der Waals surface area contributed by atoms with Gasteiger partial charge in [0.05, 0.1) is 0 Å². The first-order valence-corrected chi connectivity index (χ1v) is 12.8. The molecule has 0 N–H and O–H groups in total. The van der Waals surface area contributed by atoms with Crippen LogP contribution in [0.4, 0.5) is 0 Å². The first-order valence-electron chi connectivity index (χ1n) is 10.9. The Labute approximate surface area is 186 Å². The number of hydrogen-bond acceptors (Lipinski definition) is 1. The molecule has 0 aliphatic carbocycles. The largest absolute Gasteiger partial charge is 0.530 e. The molecule has 0 aliphatic rings. The molecular formula is C29H28OSi. The Morgan fingerprint density at radius 1 is 0.581 bits per heavy atom. The van der Waals surface area contributed by atoms with E-state index in [0.717, 1.165) is 17.7 Å². The van der Waals surface area contributed by atoms with Crippen molar-refractivity contribution in [3.05, 3.63) is 132 Å². The van der Waals surface area contributed by atoms with E-state index in [2.05, 4.69) is 135 Å². The van der Waals surface area contributed by atoms with Crippen LogP contribution in [-0.4, -0.2) is 8.32 Å². The normalized spacial score (nSPS) is 12.2. The second-order valence-electron chi connectivity index (χ2n) is 7.71. The van der Waals surface area contributed by atoms with Gasteiger partial charge in [-0.1, -0.05) is 128 Å². The minimum atomic E-state index is -2.81. The Balaban J connectivity index is 2.03. The highest BCUT2D eigenvalue weighted by Crippen LogP contribution is 2.26. The molecule has 0 aliphatic heterocycles. The number of rotatable bonds is 7. The smallest absolute Gasteiger partial charge is 0.346 e. The van der Waals surface area contributed by atoms with Crippen molar-refractivity contribution in [1.82, 2.24) is 0 Å². The summed E-state index contributed by atoms with van der Waals surface area (Å²) in [7, 11) is -2.81. The van der Waals surface area contributed by atoms with E-state index in [0.29, 0.717) is 0 Å². The van der Waals surface area contributed by atoms with E-state index in [4.69, 9.17) is 4.43 Å². The summed E-state index contributed by atoms with van der Waals surface area (Å²) in [4.78, 5) is 0. The van der Waals surface area contributed by atoms with E-state index in [1.165, 1.54) is 21.1 Å². The van der Waals surface area contributed by atoms with Gasteiger partial charge < -0.3 is 4.43 Å². The lowest BCUT2D eigenvalue weighted by atomic mass is 10.1. The van der Waals surface area contributed by atoms with Crippen molar-refractivity contribution in [3.8, 4) is 0 Å². The highest BCUT2D eigenvalue weighted by molar-refractivity contribution is 7.07. The summed E-state index contributed by atoms with van der Waals surface area (Å²) in [5.74, 6) is 0.992. The summed E-state index contributed by atoms with van der Waals surface area (Å²) in [6.45, 7) is 4.38. The monoisotopic (exact) mass is 420 g/mol. The molecule has 0 saturated carbocycles. The Bertz CT molecular complexity index is 1020.